The van der Waals surface area contributed by atoms with Gasteiger partial charge >= 0.3 is 0 Å². The third-order valence-corrected chi connectivity index (χ3v) is 5.10. The standard InChI is InChI=1S/C16H25NO/c1-16(2)10-4-3-8-15(16)17-11-9-12-13(17)6-5-7-14(12)18/h9,11,14-15,18H,3-8,10H2,1-2H3. The van der Waals surface area contributed by atoms with E-state index in [1.807, 2.05) is 0 Å². The predicted molar refractivity (Wildman–Crippen MR) is 73.6 cm³/mol. The Hall–Kier alpha value is -0.760. The van der Waals surface area contributed by atoms with E-state index in [0.29, 0.717) is 11.5 Å². The molecule has 1 aromatic rings. The van der Waals surface area contributed by atoms with Crippen molar-refractivity contribution in [1.82, 2.24) is 4.57 Å². The Labute approximate surface area is 110 Å². The Morgan fingerprint density at radius 2 is 2.06 bits per heavy atom. The van der Waals surface area contributed by atoms with Crippen molar-refractivity contribution in [3.8, 4) is 0 Å². The van der Waals surface area contributed by atoms with Gasteiger partial charge in [-0.1, -0.05) is 26.7 Å². The monoisotopic (exact) mass is 247 g/mol. The molecule has 1 saturated carbocycles. The normalized spacial score (nSPS) is 31.1. The van der Waals surface area contributed by atoms with Gasteiger partial charge in [0.2, 0.25) is 0 Å². The van der Waals surface area contributed by atoms with Gasteiger partial charge in [-0.2, -0.15) is 0 Å². The van der Waals surface area contributed by atoms with Crippen LogP contribution < -0.4 is 0 Å². The molecule has 0 radical (unpaired) electrons. The molecule has 3 rings (SSSR count). The summed E-state index contributed by atoms with van der Waals surface area (Å²) in [7, 11) is 0. The van der Waals surface area contributed by atoms with E-state index in [-0.39, 0.29) is 6.10 Å². The number of aromatic nitrogens is 1. The summed E-state index contributed by atoms with van der Waals surface area (Å²) in [6.45, 7) is 4.81. The van der Waals surface area contributed by atoms with E-state index < -0.39 is 0 Å². The van der Waals surface area contributed by atoms with Gasteiger partial charge in [-0.25, -0.2) is 0 Å². The Balaban J connectivity index is 1.97. The minimum atomic E-state index is -0.221. The molecule has 1 fully saturated rings. The molecule has 0 spiro atoms. The first kappa shape index (κ1) is 12.3. The van der Waals surface area contributed by atoms with E-state index in [1.165, 1.54) is 36.9 Å². The van der Waals surface area contributed by atoms with Crippen LogP contribution in [0, 0.1) is 5.41 Å². The SMILES string of the molecule is CC1(C)CCCCC1n1ccc2c1CCCC2O. The zero-order chi connectivity index (χ0) is 12.8. The number of hydrogen-bond donors (Lipinski definition) is 1. The number of hydrogen-bond acceptors (Lipinski definition) is 1. The lowest BCUT2D eigenvalue weighted by Gasteiger charge is -2.41. The van der Waals surface area contributed by atoms with Crippen molar-refractivity contribution in [3.05, 3.63) is 23.5 Å². The fourth-order valence-corrected chi connectivity index (χ4v) is 3.97. The molecule has 2 aliphatic carbocycles. The van der Waals surface area contributed by atoms with Crippen LogP contribution in [0.1, 0.15) is 75.8 Å². The molecule has 2 atom stereocenters. The van der Waals surface area contributed by atoms with Crippen molar-refractivity contribution < 1.29 is 5.11 Å². The Bertz CT molecular complexity index is 432. The minimum absolute atomic E-state index is 0.221. The number of nitrogens with zero attached hydrogens (tertiary/aromatic N) is 1. The van der Waals surface area contributed by atoms with E-state index in [0.717, 1.165) is 19.3 Å². The average molecular weight is 247 g/mol. The Morgan fingerprint density at radius 1 is 1.22 bits per heavy atom. The first-order chi connectivity index (χ1) is 8.59. The van der Waals surface area contributed by atoms with Crippen molar-refractivity contribution in [2.75, 3.05) is 0 Å². The van der Waals surface area contributed by atoms with Gasteiger partial charge in [0.1, 0.15) is 0 Å². The fourth-order valence-electron chi connectivity index (χ4n) is 3.97. The van der Waals surface area contributed by atoms with Crippen LogP contribution in [0.5, 0.6) is 0 Å². The van der Waals surface area contributed by atoms with Gasteiger partial charge in [0.15, 0.2) is 0 Å². The number of aliphatic hydroxyl groups excluding tert-OH is 1. The topological polar surface area (TPSA) is 25.2 Å². The molecule has 0 aliphatic heterocycles. The van der Waals surface area contributed by atoms with Crippen LogP contribution in [0.3, 0.4) is 0 Å². The van der Waals surface area contributed by atoms with Crippen LogP contribution in [0.15, 0.2) is 12.3 Å². The van der Waals surface area contributed by atoms with Crippen molar-refractivity contribution in [2.45, 2.75) is 70.9 Å². The van der Waals surface area contributed by atoms with Gasteiger partial charge in [-0.15, -0.1) is 0 Å². The Morgan fingerprint density at radius 3 is 2.83 bits per heavy atom. The van der Waals surface area contributed by atoms with E-state index in [9.17, 15) is 5.11 Å². The zero-order valence-corrected chi connectivity index (χ0v) is 11.7. The van der Waals surface area contributed by atoms with E-state index in [2.05, 4.69) is 30.7 Å². The van der Waals surface area contributed by atoms with Crippen LogP contribution >= 0.6 is 0 Å². The predicted octanol–water partition coefficient (Wildman–Crippen LogP) is 4.00. The molecule has 2 aliphatic rings. The van der Waals surface area contributed by atoms with Crippen molar-refractivity contribution in [3.63, 3.8) is 0 Å². The number of aliphatic hydroxyl groups is 1. The highest BCUT2D eigenvalue weighted by Gasteiger charge is 2.35. The zero-order valence-electron chi connectivity index (χ0n) is 11.7. The average Bonchev–Trinajstić information content (AvgIpc) is 2.74. The lowest BCUT2D eigenvalue weighted by Crippen LogP contribution is -2.31. The second kappa shape index (κ2) is 4.41. The maximum atomic E-state index is 10.1. The summed E-state index contributed by atoms with van der Waals surface area (Å²) in [4.78, 5) is 0. The molecule has 18 heavy (non-hydrogen) atoms. The van der Waals surface area contributed by atoms with Crippen molar-refractivity contribution >= 4 is 0 Å². The van der Waals surface area contributed by atoms with Crippen LogP contribution in [0.25, 0.3) is 0 Å². The summed E-state index contributed by atoms with van der Waals surface area (Å²) in [6.07, 6.45) is 10.6. The van der Waals surface area contributed by atoms with Crippen molar-refractivity contribution in [2.24, 2.45) is 5.41 Å². The number of fused-ring (bicyclic) bond motifs is 1. The lowest BCUT2D eigenvalue weighted by molar-refractivity contribution is 0.133. The van der Waals surface area contributed by atoms with Crippen LogP contribution in [0.2, 0.25) is 0 Å². The van der Waals surface area contributed by atoms with Gasteiger partial charge in [0.25, 0.3) is 0 Å². The second-order valence-electron chi connectivity index (χ2n) is 6.78. The van der Waals surface area contributed by atoms with E-state index >= 15 is 0 Å². The highest BCUT2D eigenvalue weighted by Crippen LogP contribution is 2.45. The fraction of sp³-hybridized carbons (Fsp3) is 0.750. The Kier molecular flexibility index (Phi) is 3.01. The van der Waals surface area contributed by atoms with Gasteiger partial charge in [0, 0.05) is 23.5 Å². The first-order valence-corrected chi connectivity index (χ1v) is 7.47. The first-order valence-electron chi connectivity index (χ1n) is 7.47. The molecule has 2 unspecified atom stereocenters. The lowest BCUT2D eigenvalue weighted by atomic mass is 9.73. The highest BCUT2D eigenvalue weighted by atomic mass is 16.3. The molecule has 2 nitrogen and oxygen atoms in total. The quantitative estimate of drug-likeness (QED) is 0.797. The maximum Gasteiger partial charge on any atom is 0.0807 e. The maximum absolute atomic E-state index is 10.1. The molecule has 100 valence electrons. The third-order valence-electron chi connectivity index (χ3n) is 5.10. The molecule has 1 N–H and O–H groups in total. The summed E-state index contributed by atoms with van der Waals surface area (Å²) in [6, 6.07) is 2.78. The van der Waals surface area contributed by atoms with Crippen LogP contribution in [-0.2, 0) is 6.42 Å². The summed E-state index contributed by atoms with van der Waals surface area (Å²) < 4.78 is 2.50. The molecular formula is C16H25NO. The molecule has 0 amide bonds. The molecule has 1 aromatic heterocycles. The van der Waals surface area contributed by atoms with E-state index in [4.69, 9.17) is 0 Å². The van der Waals surface area contributed by atoms with Gasteiger partial charge in [-0.05, 0) is 43.6 Å². The molecule has 0 aromatic carbocycles. The van der Waals surface area contributed by atoms with E-state index in [1.54, 1.807) is 0 Å². The van der Waals surface area contributed by atoms with Crippen LogP contribution in [0.4, 0.5) is 0 Å². The third kappa shape index (κ3) is 1.91. The molecule has 0 saturated heterocycles. The molecule has 2 heteroatoms. The van der Waals surface area contributed by atoms with Gasteiger partial charge in [0.05, 0.1) is 6.10 Å². The van der Waals surface area contributed by atoms with Gasteiger partial charge in [-0.3, -0.25) is 0 Å². The second-order valence-corrected chi connectivity index (χ2v) is 6.78. The number of rotatable bonds is 1. The summed E-state index contributed by atoms with van der Waals surface area (Å²) in [5.74, 6) is 0. The molecular weight excluding hydrogens is 222 g/mol. The van der Waals surface area contributed by atoms with Crippen molar-refractivity contribution in [1.29, 1.82) is 0 Å². The minimum Gasteiger partial charge on any atom is -0.388 e. The summed E-state index contributed by atoms with van der Waals surface area (Å²) >= 11 is 0. The summed E-state index contributed by atoms with van der Waals surface area (Å²) in [5, 5.41) is 10.1. The highest BCUT2D eigenvalue weighted by molar-refractivity contribution is 5.28. The molecule has 0 bridgehead atoms. The smallest absolute Gasteiger partial charge is 0.0807 e. The largest absolute Gasteiger partial charge is 0.388 e. The van der Waals surface area contributed by atoms with Gasteiger partial charge < -0.3 is 9.67 Å². The summed E-state index contributed by atoms with van der Waals surface area (Å²) in [5.41, 5.74) is 3.00. The van der Waals surface area contributed by atoms with Crippen LogP contribution in [-0.4, -0.2) is 9.67 Å². The molecule has 1 heterocycles.